The summed E-state index contributed by atoms with van der Waals surface area (Å²) < 4.78 is 7.69. The molecule has 24 heavy (non-hydrogen) atoms. The van der Waals surface area contributed by atoms with E-state index in [1.165, 1.54) is 0 Å². The number of anilines is 1. The van der Waals surface area contributed by atoms with Gasteiger partial charge in [0.05, 0.1) is 18.8 Å². The molecule has 1 atom stereocenters. The number of nitrogens with one attached hydrogen (secondary N) is 1. The molecule has 0 saturated carbocycles. The maximum absolute atomic E-state index is 12.3. The zero-order chi connectivity index (χ0) is 16.8. The number of amides is 1. The van der Waals surface area contributed by atoms with Crippen molar-refractivity contribution in [2.75, 3.05) is 11.9 Å². The number of benzene rings is 1. The van der Waals surface area contributed by atoms with Crippen LogP contribution in [0.4, 0.5) is 5.69 Å². The second-order valence-electron chi connectivity index (χ2n) is 5.44. The van der Waals surface area contributed by atoms with Gasteiger partial charge in [-0.25, -0.2) is 4.98 Å². The maximum atomic E-state index is 12.3. The molecule has 0 aliphatic heterocycles. The highest BCUT2D eigenvalue weighted by Gasteiger charge is 2.15. The lowest BCUT2D eigenvalue weighted by Crippen LogP contribution is -2.18. The molecule has 0 spiro atoms. The Kier molecular flexibility index (Phi) is 5.28. The van der Waals surface area contributed by atoms with Crippen LogP contribution < -0.4 is 10.1 Å². The number of rotatable bonds is 7. The van der Waals surface area contributed by atoms with E-state index in [0.29, 0.717) is 6.61 Å². The predicted molar refractivity (Wildman–Crippen MR) is 95.5 cm³/mol. The molecule has 2 heterocycles. The lowest BCUT2D eigenvalue weighted by atomic mass is 10.0. The number of thiophene rings is 1. The van der Waals surface area contributed by atoms with E-state index in [9.17, 15) is 4.79 Å². The van der Waals surface area contributed by atoms with Crippen LogP contribution in [0.1, 0.15) is 18.4 Å². The van der Waals surface area contributed by atoms with Crippen LogP contribution in [0.25, 0.3) is 0 Å². The fraction of sp³-hybridized carbons (Fsp3) is 0.222. The first-order valence-corrected chi connectivity index (χ1v) is 8.68. The molecule has 1 unspecified atom stereocenters. The number of nitrogens with zero attached hydrogens (tertiary/aromatic N) is 2. The van der Waals surface area contributed by atoms with E-state index < -0.39 is 0 Å². The highest BCUT2D eigenvalue weighted by atomic mass is 32.1. The van der Waals surface area contributed by atoms with Gasteiger partial charge < -0.3 is 14.6 Å². The van der Waals surface area contributed by atoms with Gasteiger partial charge in [0.1, 0.15) is 12.4 Å². The van der Waals surface area contributed by atoms with Gasteiger partial charge in [0, 0.05) is 24.1 Å². The summed E-state index contributed by atoms with van der Waals surface area (Å²) in [6.07, 6.45) is 5.39. The van der Waals surface area contributed by atoms with Crippen LogP contribution in [0.3, 0.4) is 0 Å². The van der Waals surface area contributed by atoms with Gasteiger partial charge in [-0.15, -0.1) is 0 Å². The molecule has 1 amide bonds. The summed E-state index contributed by atoms with van der Waals surface area (Å²) in [5.74, 6) is 0.530. The van der Waals surface area contributed by atoms with Crippen LogP contribution in [-0.4, -0.2) is 22.1 Å². The molecule has 5 nitrogen and oxygen atoms in total. The topological polar surface area (TPSA) is 56.1 Å². The van der Waals surface area contributed by atoms with E-state index in [4.69, 9.17) is 4.74 Å². The highest BCUT2D eigenvalue weighted by Crippen LogP contribution is 2.22. The fourth-order valence-electron chi connectivity index (χ4n) is 2.27. The lowest BCUT2D eigenvalue weighted by molar-refractivity contribution is -0.117. The van der Waals surface area contributed by atoms with Gasteiger partial charge >= 0.3 is 0 Å². The van der Waals surface area contributed by atoms with Crippen molar-refractivity contribution in [3.05, 3.63) is 65.4 Å². The third-order valence-corrected chi connectivity index (χ3v) is 4.42. The largest absolute Gasteiger partial charge is 0.492 e. The molecule has 2 aromatic heterocycles. The first-order valence-electron chi connectivity index (χ1n) is 7.74. The molecule has 0 bridgehead atoms. The van der Waals surface area contributed by atoms with Gasteiger partial charge in [-0.05, 0) is 41.4 Å². The zero-order valence-electron chi connectivity index (χ0n) is 13.4. The third-order valence-electron chi connectivity index (χ3n) is 3.72. The lowest BCUT2D eigenvalue weighted by Gasteiger charge is -2.12. The maximum Gasteiger partial charge on any atom is 0.231 e. The number of imidazole rings is 1. The van der Waals surface area contributed by atoms with E-state index in [1.807, 2.05) is 58.8 Å². The smallest absolute Gasteiger partial charge is 0.231 e. The van der Waals surface area contributed by atoms with Gasteiger partial charge in [-0.1, -0.05) is 6.07 Å². The van der Waals surface area contributed by atoms with Crippen LogP contribution in [-0.2, 0) is 11.3 Å². The summed E-state index contributed by atoms with van der Waals surface area (Å²) in [6.45, 7) is 3.17. The summed E-state index contributed by atoms with van der Waals surface area (Å²) >= 11 is 1.60. The molecule has 124 valence electrons. The van der Waals surface area contributed by atoms with E-state index in [-0.39, 0.29) is 11.8 Å². The van der Waals surface area contributed by atoms with Crippen LogP contribution in [0.2, 0.25) is 0 Å². The van der Waals surface area contributed by atoms with Crippen LogP contribution >= 0.6 is 11.3 Å². The minimum atomic E-state index is -0.179. The van der Waals surface area contributed by atoms with Crippen molar-refractivity contribution >= 4 is 22.9 Å². The Morgan fingerprint density at radius 3 is 3.08 bits per heavy atom. The standard InChI is InChI=1S/C18H19N3O2S/c1-14(15-5-10-24-12-15)18(22)20-16-3-2-4-17(11-16)23-9-8-21-7-6-19-13-21/h2-7,10-14H,8-9H2,1H3,(H,20,22). The highest BCUT2D eigenvalue weighted by molar-refractivity contribution is 7.08. The SMILES string of the molecule is CC(C(=O)Nc1cccc(OCCn2ccnc2)c1)c1ccsc1. The molecule has 0 saturated heterocycles. The average molecular weight is 341 g/mol. The fourth-order valence-corrected chi connectivity index (χ4v) is 3.03. The van der Waals surface area contributed by atoms with Gasteiger partial charge in [-0.3, -0.25) is 4.79 Å². The third kappa shape index (κ3) is 4.23. The molecule has 0 aliphatic carbocycles. The Morgan fingerprint density at radius 2 is 2.33 bits per heavy atom. The van der Waals surface area contributed by atoms with Crippen molar-refractivity contribution in [1.82, 2.24) is 9.55 Å². The van der Waals surface area contributed by atoms with E-state index in [2.05, 4.69) is 10.3 Å². The summed E-state index contributed by atoms with van der Waals surface area (Å²) in [4.78, 5) is 16.3. The van der Waals surface area contributed by atoms with Gasteiger partial charge in [0.2, 0.25) is 5.91 Å². The van der Waals surface area contributed by atoms with Crippen molar-refractivity contribution in [3.63, 3.8) is 0 Å². The second-order valence-corrected chi connectivity index (χ2v) is 6.22. The number of hydrogen-bond donors (Lipinski definition) is 1. The summed E-state index contributed by atoms with van der Waals surface area (Å²) in [5.41, 5.74) is 1.77. The summed E-state index contributed by atoms with van der Waals surface area (Å²) in [5, 5.41) is 6.92. The Hall–Kier alpha value is -2.60. The van der Waals surface area contributed by atoms with Crippen molar-refractivity contribution in [3.8, 4) is 5.75 Å². The normalized spacial score (nSPS) is 11.9. The van der Waals surface area contributed by atoms with E-state index in [1.54, 1.807) is 23.9 Å². The molecule has 1 N–H and O–H groups in total. The van der Waals surface area contributed by atoms with Gasteiger partial charge in [0.15, 0.2) is 0 Å². The molecule has 3 rings (SSSR count). The Balaban J connectivity index is 1.55. The van der Waals surface area contributed by atoms with Crippen molar-refractivity contribution in [1.29, 1.82) is 0 Å². The first kappa shape index (κ1) is 16.3. The Morgan fingerprint density at radius 1 is 1.42 bits per heavy atom. The molecule has 0 aliphatic rings. The average Bonchev–Trinajstić information content (AvgIpc) is 3.28. The molecule has 6 heteroatoms. The number of hydrogen-bond acceptors (Lipinski definition) is 4. The van der Waals surface area contributed by atoms with Crippen molar-refractivity contribution in [2.45, 2.75) is 19.4 Å². The molecule has 0 fully saturated rings. The van der Waals surface area contributed by atoms with Crippen LogP contribution in [0.15, 0.2) is 59.8 Å². The quantitative estimate of drug-likeness (QED) is 0.712. The Labute approximate surface area is 144 Å². The van der Waals surface area contributed by atoms with Crippen molar-refractivity contribution in [2.24, 2.45) is 0 Å². The minimum absolute atomic E-state index is 0.0241. The monoisotopic (exact) mass is 341 g/mol. The van der Waals surface area contributed by atoms with Crippen molar-refractivity contribution < 1.29 is 9.53 Å². The number of carbonyl (C=O) groups is 1. The van der Waals surface area contributed by atoms with Crippen LogP contribution in [0.5, 0.6) is 5.75 Å². The van der Waals surface area contributed by atoms with Crippen LogP contribution in [0, 0.1) is 0 Å². The number of carbonyl (C=O) groups excluding carboxylic acids is 1. The zero-order valence-corrected chi connectivity index (χ0v) is 14.2. The molecular weight excluding hydrogens is 322 g/mol. The van der Waals surface area contributed by atoms with Gasteiger partial charge in [-0.2, -0.15) is 11.3 Å². The molecule has 0 radical (unpaired) electrons. The summed E-state index contributed by atoms with van der Waals surface area (Å²) in [6, 6.07) is 9.43. The van der Waals surface area contributed by atoms with E-state index in [0.717, 1.165) is 23.5 Å². The second kappa shape index (κ2) is 7.79. The predicted octanol–water partition coefficient (Wildman–Crippen LogP) is 3.77. The summed E-state index contributed by atoms with van der Waals surface area (Å²) in [7, 11) is 0. The molecule has 3 aromatic rings. The molecule has 1 aromatic carbocycles. The van der Waals surface area contributed by atoms with Gasteiger partial charge in [0.25, 0.3) is 0 Å². The minimum Gasteiger partial charge on any atom is -0.492 e. The number of ether oxygens (including phenoxy) is 1. The Bertz CT molecular complexity index is 769. The first-order chi connectivity index (χ1) is 11.7. The number of aromatic nitrogens is 2. The molecular formula is C18H19N3O2S. The van der Waals surface area contributed by atoms with E-state index >= 15 is 0 Å².